The fourth-order valence-electron chi connectivity index (χ4n) is 1.52. The SMILES string of the molecule is Cc1ccc(C(=O)CCC(=O)NCCC(C)C)s1. The molecule has 1 rings (SSSR count). The van der Waals surface area contributed by atoms with Crippen molar-refractivity contribution in [3.05, 3.63) is 21.9 Å². The Bertz CT molecular complexity index is 410. The highest BCUT2D eigenvalue weighted by molar-refractivity contribution is 7.14. The van der Waals surface area contributed by atoms with E-state index < -0.39 is 0 Å². The Morgan fingerprint density at radius 3 is 2.56 bits per heavy atom. The van der Waals surface area contributed by atoms with E-state index in [1.54, 1.807) is 0 Å². The van der Waals surface area contributed by atoms with Gasteiger partial charge in [0, 0.05) is 24.3 Å². The molecular weight excluding hydrogens is 246 g/mol. The molecule has 0 aromatic carbocycles. The number of carbonyl (C=O) groups is 2. The van der Waals surface area contributed by atoms with E-state index in [2.05, 4.69) is 19.2 Å². The summed E-state index contributed by atoms with van der Waals surface area (Å²) in [5, 5.41) is 2.84. The van der Waals surface area contributed by atoms with Crippen LogP contribution in [0.5, 0.6) is 0 Å². The Morgan fingerprint density at radius 2 is 2.00 bits per heavy atom. The zero-order valence-corrected chi connectivity index (χ0v) is 12.1. The minimum Gasteiger partial charge on any atom is -0.356 e. The Hall–Kier alpha value is -1.16. The summed E-state index contributed by atoms with van der Waals surface area (Å²) in [5.74, 6) is 0.616. The number of hydrogen-bond donors (Lipinski definition) is 1. The molecule has 0 spiro atoms. The summed E-state index contributed by atoms with van der Waals surface area (Å²) >= 11 is 1.49. The van der Waals surface area contributed by atoms with E-state index in [1.165, 1.54) is 11.3 Å². The first-order chi connectivity index (χ1) is 8.49. The minimum atomic E-state index is -0.0303. The van der Waals surface area contributed by atoms with Gasteiger partial charge in [-0.25, -0.2) is 0 Å². The second-order valence-electron chi connectivity index (χ2n) is 4.87. The summed E-state index contributed by atoms with van der Waals surface area (Å²) in [4.78, 5) is 25.2. The van der Waals surface area contributed by atoms with Crippen LogP contribution in [0, 0.1) is 12.8 Å². The quantitative estimate of drug-likeness (QED) is 0.771. The van der Waals surface area contributed by atoms with E-state index in [9.17, 15) is 9.59 Å². The van der Waals surface area contributed by atoms with Crippen molar-refractivity contribution in [2.45, 2.75) is 40.0 Å². The maximum absolute atomic E-state index is 11.8. The highest BCUT2D eigenvalue weighted by Crippen LogP contribution is 2.17. The molecule has 1 heterocycles. The van der Waals surface area contributed by atoms with Crippen LogP contribution in [0.1, 0.15) is 47.7 Å². The third kappa shape index (κ3) is 5.45. The standard InChI is InChI=1S/C14H21NO2S/c1-10(2)8-9-15-14(17)7-5-12(16)13-6-4-11(3)18-13/h4,6,10H,5,7-9H2,1-3H3,(H,15,17). The first-order valence-corrected chi connectivity index (χ1v) is 7.17. The van der Waals surface area contributed by atoms with Gasteiger partial charge in [0.2, 0.25) is 5.91 Å². The van der Waals surface area contributed by atoms with Crippen LogP contribution in [0.25, 0.3) is 0 Å². The Kier molecular flexibility index (Phi) is 6.05. The zero-order valence-electron chi connectivity index (χ0n) is 11.3. The molecular formula is C14H21NO2S. The number of thiophene rings is 1. The van der Waals surface area contributed by atoms with Crippen molar-refractivity contribution in [2.24, 2.45) is 5.92 Å². The zero-order chi connectivity index (χ0) is 13.5. The van der Waals surface area contributed by atoms with Crippen LogP contribution in [0.15, 0.2) is 12.1 Å². The second kappa shape index (κ2) is 7.31. The molecule has 4 heteroatoms. The number of aryl methyl sites for hydroxylation is 1. The average molecular weight is 267 g/mol. The summed E-state index contributed by atoms with van der Waals surface area (Å²) < 4.78 is 0. The third-order valence-corrected chi connectivity index (χ3v) is 3.68. The fourth-order valence-corrected chi connectivity index (χ4v) is 2.36. The number of ketones is 1. The van der Waals surface area contributed by atoms with Gasteiger partial charge in [0.1, 0.15) is 0 Å². The molecule has 0 radical (unpaired) electrons. The van der Waals surface area contributed by atoms with Gasteiger partial charge in [0.05, 0.1) is 4.88 Å². The number of hydrogen-bond acceptors (Lipinski definition) is 3. The van der Waals surface area contributed by atoms with Gasteiger partial charge in [0.25, 0.3) is 0 Å². The summed E-state index contributed by atoms with van der Waals surface area (Å²) in [5.41, 5.74) is 0. The first-order valence-electron chi connectivity index (χ1n) is 6.35. The molecule has 0 atom stereocenters. The lowest BCUT2D eigenvalue weighted by Gasteiger charge is -2.06. The molecule has 3 nitrogen and oxygen atoms in total. The molecule has 100 valence electrons. The monoisotopic (exact) mass is 267 g/mol. The van der Waals surface area contributed by atoms with Crippen molar-refractivity contribution in [3.8, 4) is 0 Å². The topological polar surface area (TPSA) is 46.2 Å². The molecule has 1 amide bonds. The number of rotatable bonds is 7. The van der Waals surface area contributed by atoms with Gasteiger partial charge < -0.3 is 5.32 Å². The largest absolute Gasteiger partial charge is 0.356 e. The van der Waals surface area contributed by atoms with Gasteiger partial charge in [-0.15, -0.1) is 11.3 Å². The van der Waals surface area contributed by atoms with Crippen molar-refractivity contribution < 1.29 is 9.59 Å². The molecule has 1 aromatic heterocycles. The molecule has 18 heavy (non-hydrogen) atoms. The van der Waals surface area contributed by atoms with Crippen molar-refractivity contribution in [3.63, 3.8) is 0 Å². The summed E-state index contributed by atoms with van der Waals surface area (Å²) in [6.07, 6.45) is 1.56. The van der Waals surface area contributed by atoms with Gasteiger partial charge in [-0.05, 0) is 31.4 Å². The molecule has 1 N–H and O–H groups in total. The third-order valence-electron chi connectivity index (χ3n) is 2.64. The predicted octanol–water partition coefficient (Wildman–Crippen LogP) is 3.18. The van der Waals surface area contributed by atoms with Gasteiger partial charge in [0.15, 0.2) is 5.78 Å². The number of amides is 1. The van der Waals surface area contributed by atoms with E-state index in [0.29, 0.717) is 18.9 Å². The summed E-state index contributed by atoms with van der Waals surface area (Å²) in [6.45, 7) is 6.91. The second-order valence-corrected chi connectivity index (χ2v) is 6.15. The van der Waals surface area contributed by atoms with Crippen LogP contribution >= 0.6 is 11.3 Å². The molecule has 1 aromatic rings. The average Bonchev–Trinajstić information content (AvgIpc) is 2.72. The molecule has 0 bridgehead atoms. The maximum Gasteiger partial charge on any atom is 0.220 e. The summed E-state index contributed by atoms with van der Waals surface area (Å²) in [6, 6.07) is 3.76. The molecule has 0 aliphatic rings. The number of nitrogens with one attached hydrogen (secondary N) is 1. The summed E-state index contributed by atoms with van der Waals surface area (Å²) in [7, 11) is 0. The lowest BCUT2D eigenvalue weighted by atomic mass is 10.1. The van der Waals surface area contributed by atoms with Crippen molar-refractivity contribution in [2.75, 3.05) is 6.54 Å². The van der Waals surface area contributed by atoms with E-state index >= 15 is 0 Å². The van der Waals surface area contributed by atoms with Crippen LogP contribution < -0.4 is 5.32 Å². The van der Waals surface area contributed by atoms with Crippen LogP contribution in [0.3, 0.4) is 0 Å². The van der Waals surface area contributed by atoms with Crippen LogP contribution in [-0.4, -0.2) is 18.2 Å². The highest BCUT2D eigenvalue weighted by Gasteiger charge is 2.10. The van der Waals surface area contributed by atoms with E-state index in [0.717, 1.165) is 16.2 Å². The lowest BCUT2D eigenvalue weighted by Crippen LogP contribution is -2.25. The Labute approximate surface area is 113 Å². The molecule has 0 saturated carbocycles. The first kappa shape index (κ1) is 14.9. The number of Topliss-reactive ketones (excluding diaryl/α,β-unsaturated/α-hetero) is 1. The van der Waals surface area contributed by atoms with Gasteiger partial charge >= 0.3 is 0 Å². The van der Waals surface area contributed by atoms with E-state index in [4.69, 9.17) is 0 Å². The molecule has 0 unspecified atom stereocenters. The normalized spacial score (nSPS) is 10.7. The fraction of sp³-hybridized carbons (Fsp3) is 0.571. The molecule has 0 fully saturated rings. The van der Waals surface area contributed by atoms with Crippen LogP contribution in [0.4, 0.5) is 0 Å². The minimum absolute atomic E-state index is 0.0303. The van der Waals surface area contributed by atoms with E-state index in [1.807, 2.05) is 19.1 Å². The predicted molar refractivity (Wildman–Crippen MR) is 75.1 cm³/mol. The van der Waals surface area contributed by atoms with Crippen molar-refractivity contribution in [1.82, 2.24) is 5.32 Å². The highest BCUT2D eigenvalue weighted by atomic mass is 32.1. The van der Waals surface area contributed by atoms with Crippen molar-refractivity contribution in [1.29, 1.82) is 0 Å². The molecule has 0 aliphatic heterocycles. The maximum atomic E-state index is 11.8. The van der Waals surface area contributed by atoms with Gasteiger partial charge in [-0.1, -0.05) is 13.8 Å². The van der Waals surface area contributed by atoms with Gasteiger partial charge in [-0.2, -0.15) is 0 Å². The Morgan fingerprint density at radius 1 is 1.28 bits per heavy atom. The lowest BCUT2D eigenvalue weighted by molar-refractivity contribution is -0.121. The Balaban J connectivity index is 2.24. The molecule has 0 aliphatic carbocycles. The van der Waals surface area contributed by atoms with Gasteiger partial charge in [-0.3, -0.25) is 9.59 Å². The van der Waals surface area contributed by atoms with Crippen LogP contribution in [0.2, 0.25) is 0 Å². The number of carbonyl (C=O) groups excluding carboxylic acids is 2. The van der Waals surface area contributed by atoms with E-state index in [-0.39, 0.29) is 18.1 Å². The van der Waals surface area contributed by atoms with Crippen molar-refractivity contribution >= 4 is 23.0 Å². The van der Waals surface area contributed by atoms with Crippen LogP contribution in [-0.2, 0) is 4.79 Å². The smallest absolute Gasteiger partial charge is 0.220 e. The molecule has 0 saturated heterocycles.